The summed E-state index contributed by atoms with van der Waals surface area (Å²) < 4.78 is 1.12. The minimum Gasteiger partial charge on any atom is -0.298 e. The van der Waals surface area contributed by atoms with Crippen molar-refractivity contribution in [2.75, 3.05) is 0 Å². The lowest BCUT2D eigenvalue weighted by Gasteiger charge is -2.03. The highest BCUT2D eigenvalue weighted by Gasteiger charge is 2.10. The third kappa shape index (κ3) is 1.45. The Hall–Kier alpha value is -0.510. The number of hydrogen-bond acceptors (Lipinski definition) is 3. The molecule has 14 heavy (non-hydrogen) atoms. The first-order valence-electron chi connectivity index (χ1n) is 4.01. The van der Waals surface area contributed by atoms with Crippen molar-refractivity contribution in [1.29, 1.82) is 0 Å². The number of benzene rings is 1. The van der Waals surface area contributed by atoms with Crippen molar-refractivity contribution in [2.45, 2.75) is 10.8 Å². The number of carbonyl (C=O) groups is 1. The Bertz CT molecular complexity index is 490. The molecule has 1 aromatic heterocycles. The molecule has 72 valence electrons. The van der Waals surface area contributed by atoms with E-state index in [-0.39, 0.29) is 0 Å². The molecule has 0 fully saturated rings. The van der Waals surface area contributed by atoms with Crippen LogP contribution < -0.4 is 0 Å². The van der Waals surface area contributed by atoms with Crippen molar-refractivity contribution in [3.8, 4) is 0 Å². The van der Waals surface area contributed by atoms with Crippen LogP contribution in [0.4, 0.5) is 0 Å². The van der Waals surface area contributed by atoms with Crippen LogP contribution in [0.25, 0.3) is 10.1 Å². The number of rotatable bonds is 2. The predicted octanol–water partition coefficient (Wildman–Crippen LogP) is 3.74. The van der Waals surface area contributed by atoms with E-state index < -0.39 is 0 Å². The SMILES string of the molecule is O=Cc1ccc2scc(S)c2c1CCl. The minimum absolute atomic E-state index is 0.343. The molecule has 0 unspecified atom stereocenters. The fraction of sp³-hybridized carbons (Fsp3) is 0.100. The van der Waals surface area contributed by atoms with Gasteiger partial charge >= 0.3 is 0 Å². The monoisotopic (exact) mass is 242 g/mol. The van der Waals surface area contributed by atoms with Gasteiger partial charge in [0.15, 0.2) is 0 Å². The zero-order valence-corrected chi connectivity index (χ0v) is 9.63. The Morgan fingerprint density at radius 2 is 2.29 bits per heavy atom. The fourth-order valence-electron chi connectivity index (χ4n) is 1.45. The maximum absolute atomic E-state index is 10.8. The first kappa shape index (κ1) is 10.0. The van der Waals surface area contributed by atoms with Crippen LogP contribution in [0.3, 0.4) is 0 Å². The first-order chi connectivity index (χ1) is 6.77. The molecule has 1 heterocycles. The first-order valence-corrected chi connectivity index (χ1v) is 5.87. The Labute approximate surface area is 96.1 Å². The summed E-state index contributed by atoms with van der Waals surface area (Å²) in [6, 6.07) is 3.73. The molecule has 2 aromatic rings. The molecule has 0 bridgehead atoms. The zero-order valence-electron chi connectivity index (χ0n) is 7.16. The molecule has 0 amide bonds. The van der Waals surface area contributed by atoms with Gasteiger partial charge in [-0.3, -0.25) is 4.79 Å². The molecule has 0 radical (unpaired) electrons. The zero-order chi connectivity index (χ0) is 10.1. The lowest BCUT2D eigenvalue weighted by atomic mass is 10.1. The van der Waals surface area contributed by atoms with Gasteiger partial charge in [-0.15, -0.1) is 35.6 Å². The molecule has 4 heteroatoms. The van der Waals surface area contributed by atoms with Crippen LogP contribution in [0, 0.1) is 0 Å². The van der Waals surface area contributed by atoms with Crippen LogP contribution in [0.1, 0.15) is 15.9 Å². The lowest BCUT2D eigenvalue weighted by molar-refractivity contribution is 0.112. The van der Waals surface area contributed by atoms with Crippen molar-refractivity contribution >= 4 is 51.9 Å². The number of thiol groups is 1. The molecule has 1 nitrogen and oxygen atoms in total. The quantitative estimate of drug-likeness (QED) is 0.482. The highest BCUT2D eigenvalue weighted by atomic mass is 35.5. The minimum atomic E-state index is 0.343. The predicted molar refractivity (Wildman–Crippen MR) is 64.0 cm³/mol. The molecular formula is C10H7ClOS2. The number of halogens is 1. The van der Waals surface area contributed by atoms with Gasteiger partial charge in [-0.2, -0.15) is 0 Å². The molecule has 0 N–H and O–H groups in total. The van der Waals surface area contributed by atoms with E-state index in [1.165, 1.54) is 0 Å². The molecule has 0 aliphatic rings. The topological polar surface area (TPSA) is 17.1 Å². The van der Waals surface area contributed by atoms with Gasteiger partial charge in [0.25, 0.3) is 0 Å². The van der Waals surface area contributed by atoms with E-state index in [1.807, 2.05) is 11.4 Å². The van der Waals surface area contributed by atoms with Crippen molar-refractivity contribution in [3.05, 3.63) is 28.6 Å². The van der Waals surface area contributed by atoms with Gasteiger partial charge in [0.05, 0.1) is 0 Å². The molecule has 0 saturated heterocycles. The summed E-state index contributed by atoms with van der Waals surface area (Å²) in [6.45, 7) is 0. The van der Waals surface area contributed by atoms with Gasteiger partial charge in [-0.05, 0) is 17.7 Å². The molecule has 2 rings (SSSR count). The number of hydrogen-bond donors (Lipinski definition) is 1. The van der Waals surface area contributed by atoms with Crippen molar-refractivity contribution in [3.63, 3.8) is 0 Å². The summed E-state index contributed by atoms with van der Waals surface area (Å²) >= 11 is 11.8. The van der Waals surface area contributed by atoms with E-state index in [0.717, 1.165) is 26.8 Å². The van der Waals surface area contributed by atoms with Gasteiger partial charge in [0.1, 0.15) is 6.29 Å². The summed E-state index contributed by atoms with van der Waals surface area (Å²) in [5.41, 5.74) is 1.53. The van der Waals surface area contributed by atoms with E-state index in [4.69, 9.17) is 11.6 Å². The normalized spacial score (nSPS) is 10.7. The highest BCUT2D eigenvalue weighted by Crippen LogP contribution is 2.33. The van der Waals surface area contributed by atoms with E-state index >= 15 is 0 Å². The summed E-state index contributed by atoms with van der Waals surface area (Å²) in [4.78, 5) is 11.7. The number of thiophene rings is 1. The second-order valence-electron chi connectivity index (χ2n) is 2.88. The Morgan fingerprint density at radius 1 is 1.50 bits per heavy atom. The maximum Gasteiger partial charge on any atom is 0.150 e. The summed E-state index contributed by atoms with van der Waals surface area (Å²) in [5.74, 6) is 0.343. The lowest BCUT2D eigenvalue weighted by Crippen LogP contribution is -1.89. The van der Waals surface area contributed by atoms with E-state index in [1.54, 1.807) is 17.4 Å². The second-order valence-corrected chi connectivity index (χ2v) is 4.54. The average Bonchev–Trinajstić information content (AvgIpc) is 2.59. The van der Waals surface area contributed by atoms with Crippen molar-refractivity contribution < 1.29 is 4.79 Å². The van der Waals surface area contributed by atoms with Crippen LogP contribution in [-0.2, 0) is 5.88 Å². The largest absolute Gasteiger partial charge is 0.298 e. The Morgan fingerprint density at radius 3 is 2.93 bits per heavy atom. The summed E-state index contributed by atoms with van der Waals surface area (Å²) in [7, 11) is 0. The average molecular weight is 243 g/mol. The van der Waals surface area contributed by atoms with Crippen molar-refractivity contribution in [2.24, 2.45) is 0 Å². The van der Waals surface area contributed by atoms with Crippen molar-refractivity contribution in [1.82, 2.24) is 0 Å². The molecule has 0 aliphatic carbocycles. The van der Waals surface area contributed by atoms with E-state index in [9.17, 15) is 4.79 Å². The summed E-state index contributed by atoms with van der Waals surface area (Å²) in [5, 5.41) is 2.97. The fourth-order valence-corrected chi connectivity index (χ4v) is 3.09. The van der Waals surface area contributed by atoms with Crippen LogP contribution in [0.2, 0.25) is 0 Å². The van der Waals surface area contributed by atoms with Gasteiger partial charge in [0.2, 0.25) is 0 Å². The van der Waals surface area contributed by atoms with Crippen LogP contribution in [0.15, 0.2) is 22.4 Å². The number of carbonyl (C=O) groups excluding carboxylic acids is 1. The highest BCUT2D eigenvalue weighted by molar-refractivity contribution is 7.80. The molecular weight excluding hydrogens is 236 g/mol. The van der Waals surface area contributed by atoms with Gasteiger partial charge in [-0.1, -0.05) is 0 Å². The third-order valence-corrected chi connectivity index (χ3v) is 3.87. The standard InChI is InChI=1S/C10H7ClOS2/c11-3-7-6(4-12)1-2-9-10(7)8(13)5-14-9/h1-2,4-5,13H,3H2. The molecule has 0 spiro atoms. The Balaban J connectivity index is 2.87. The Kier molecular flexibility index (Phi) is 2.81. The maximum atomic E-state index is 10.8. The molecule has 0 saturated carbocycles. The third-order valence-electron chi connectivity index (χ3n) is 2.13. The number of aldehydes is 1. The second kappa shape index (κ2) is 3.93. The van der Waals surface area contributed by atoms with Crippen LogP contribution in [0.5, 0.6) is 0 Å². The van der Waals surface area contributed by atoms with Crippen LogP contribution in [-0.4, -0.2) is 6.29 Å². The summed E-state index contributed by atoms with van der Waals surface area (Å²) in [6.07, 6.45) is 0.835. The number of alkyl halides is 1. The molecule has 1 aromatic carbocycles. The van der Waals surface area contributed by atoms with Crippen LogP contribution >= 0.6 is 35.6 Å². The number of fused-ring (bicyclic) bond motifs is 1. The van der Waals surface area contributed by atoms with Gasteiger partial charge in [-0.25, -0.2) is 0 Å². The molecule has 0 atom stereocenters. The van der Waals surface area contributed by atoms with E-state index in [2.05, 4.69) is 12.6 Å². The molecule has 0 aliphatic heterocycles. The smallest absolute Gasteiger partial charge is 0.150 e. The van der Waals surface area contributed by atoms with Gasteiger partial charge < -0.3 is 0 Å². The van der Waals surface area contributed by atoms with E-state index in [0.29, 0.717) is 11.4 Å². The van der Waals surface area contributed by atoms with Gasteiger partial charge in [0, 0.05) is 31.8 Å².